The lowest BCUT2D eigenvalue weighted by atomic mass is 9.74. The van der Waals surface area contributed by atoms with E-state index in [1.165, 1.54) is 12.0 Å². The van der Waals surface area contributed by atoms with Crippen molar-refractivity contribution in [2.24, 2.45) is 0 Å². The predicted octanol–water partition coefficient (Wildman–Crippen LogP) is 2.56. The van der Waals surface area contributed by atoms with Crippen molar-refractivity contribution in [3.05, 3.63) is 59.7 Å². The summed E-state index contributed by atoms with van der Waals surface area (Å²) < 4.78 is 0. The molecule has 0 unspecified atom stereocenters. The highest BCUT2D eigenvalue weighted by molar-refractivity contribution is 5.40. The average Bonchev–Trinajstić information content (AvgIpc) is 3.26. The second-order valence-corrected chi connectivity index (χ2v) is 9.88. The van der Waals surface area contributed by atoms with Gasteiger partial charge in [-0.1, -0.05) is 24.0 Å². The standard InChI is InChI=1S/C27H34N4O2/c32-19-25-26(23-7-5-21(6-8-23)9-12-27(33)10-1-2-11-27)24-18-30(13-3-4-14-31(24)25)17-22-15-28-20-29-16-22/h5-8,15-16,20,24-26,32-33H,1-4,10-11,13-14,17-19H2/t24-,25-,26+/m1/s1. The molecule has 0 radical (unpaired) electrons. The van der Waals surface area contributed by atoms with Crippen LogP contribution in [-0.4, -0.2) is 73.9 Å². The van der Waals surface area contributed by atoms with Crippen molar-refractivity contribution in [2.45, 2.75) is 68.7 Å². The highest BCUT2D eigenvalue weighted by atomic mass is 16.3. The van der Waals surface area contributed by atoms with Gasteiger partial charge >= 0.3 is 0 Å². The number of nitrogens with zero attached hydrogens (tertiary/aromatic N) is 4. The van der Waals surface area contributed by atoms with Crippen LogP contribution in [0.4, 0.5) is 0 Å². The molecular formula is C27H34N4O2. The molecule has 2 aliphatic heterocycles. The zero-order valence-electron chi connectivity index (χ0n) is 19.2. The second-order valence-electron chi connectivity index (χ2n) is 9.88. The summed E-state index contributed by atoms with van der Waals surface area (Å²) >= 11 is 0. The lowest BCUT2D eigenvalue weighted by Crippen LogP contribution is -2.67. The molecule has 6 nitrogen and oxygen atoms in total. The van der Waals surface area contributed by atoms with Crippen molar-refractivity contribution in [1.82, 2.24) is 19.8 Å². The molecule has 0 amide bonds. The zero-order chi connectivity index (χ0) is 22.7. The number of hydrogen-bond acceptors (Lipinski definition) is 6. The van der Waals surface area contributed by atoms with Gasteiger partial charge in [0.05, 0.1) is 6.61 Å². The third-order valence-electron chi connectivity index (χ3n) is 7.64. The molecule has 3 heterocycles. The van der Waals surface area contributed by atoms with E-state index in [0.717, 1.165) is 69.4 Å². The van der Waals surface area contributed by atoms with Crippen molar-refractivity contribution in [3.8, 4) is 11.8 Å². The molecule has 3 fully saturated rings. The van der Waals surface area contributed by atoms with Crippen LogP contribution < -0.4 is 0 Å². The third kappa shape index (κ3) is 4.97. The van der Waals surface area contributed by atoms with Crippen LogP contribution >= 0.6 is 0 Å². The van der Waals surface area contributed by atoms with E-state index in [0.29, 0.717) is 12.0 Å². The minimum atomic E-state index is -0.804. The summed E-state index contributed by atoms with van der Waals surface area (Å²) in [6.07, 6.45) is 11.4. The molecule has 1 aromatic carbocycles. The van der Waals surface area contributed by atoms with Crippen molar-refractivity contribution in [1.29, 1.82) is 0 Å². The van der Waals surface area contributed by atoms with Gasteiger partial charge in [-0.3, -0.25) is 9.80 Å². The number of hydrogen-bond donors (Lipinski definition) is 2. The number of benzene rings is 1. The van der Waals surface area contributed by atoms with Crippen LogP contribution in [0.1, 0.15) is 61.1 Å². The van der Waals surface area contributed by atoms with Gasteiger partial charge in [-0.2, -0.15) is 0 Å². The molecule has 1 saturated carbocycles. The molecule has 3 atom stereocenters. The summed E-state index contributed by atoms with van der Waals surface area (Å²) in [6, 6.07) is 9.04. The molecule has 33 heavy (non-hydrogen) atoms. The molecular weight excluding hydrogens is 412 g/mol. The largest absolute Gasteiger partial charge is 0.395 e. The third-order valence-corrected chi connectivity index (χ3v) is 7.64. The van der Waals surface area contributed by atoms with Crippen LogP contribution in [0.15, 0.2) is 43.0 Å². The predicted molar refractivity (Wildman–Crippen MR) is 127 cm³/mol. The van der Waals surface area contributed by atoms with Crippen LogP contribution in [0, 0.1) is 11.8 Å². The van der Waals surface area contributed by atoms with Gasteiger partial charge in [0.2, 0.25) is 0 Å². The highest BCUT2D eigenvalue weighted by Crippen LogP contribution is 2.42. The van der Waals surface area contributed by atoms with Gasteiger partial charge < -0.3 is 10.2 Å². The number of aliphatic hydroxyl groups is 2. The van der Waals surface area contributed by atoms with E-state index in [9.17, 15) is 10.2 Å². The van der Waals surface area contributed by atoms with Crippen molar-refractivity contribution in [3.63, 3.8) is 0 Å². The van der Waals surface area contributed by atoms with Gasteiger partial charge in [-0.25, -0.2) is 9.97 Å². The molecule has 2 aromatic rings. The van der Waals surface area contributed by atoms with Gasteiger partial charge in [0.25, 0.3) is 0 Å². The lowest BCUT2D eigenvalue weighted by molar-refractivity contribution is -0.0655. The first kappa shape index (κ1) is 22.5. The summed E-state index contributed by atoms with van der Waals surface area (Å²) in [5, 5.41) is 20.7. The Morgan fingerprint density at radius 1 is 1.00 bits per heavy atom. The monoisotopic (exact) mass is 446 g/mol. The maximum absolute atomic E-state index is 10.5. The Morgan fingerprint density at radius 2 is 1.73 bits per heavy atom. The Balaban J connectivity index is 1.31. The summed E-state index contributed by atoms with van der Waals surface area (Å²) in [5.41, 5.74) is 2.55. The number of rotatable bonds is 4. The number of aliphatic hydroxyl groups excluding tert-OH is 1. The van der Waals surface area contributed by atoms with Crippen LogP contribution in [0.2, 0.25) is 0 Å². The van der Waals surface area contributed by atoms with Crippen LogP contribution in [-0.2, 0) is 6.54 Å². The molecule has 2 N–H and O–H groups in total. The van der Waals surface area contributed by atoms with Crippen molar-refractivity contribution >= 4 is 0 Å². The van der Waals surface area contributed by atoms with E-state index in [1.807, 2.05) is 12.4 Å². The summed E-state index contributed by atoms with van der Waals surface area (Å²) in [4.78, 5) is 13.4. The molecule has 174 valence electrons. The SMILES string of the molecule is OC[C@@H]1[C@@H](c2ccc(C#CC3(O)CCCC3)cc2)[C@H]2CN(Cc3cncnc3)CCCCN12. The Morgan fingerprint density at radius 3 is 2.45 bits per heavy atom. The van der Waals surface area contributed by atoms with Crippen molar-refractivity contribution < 1.29 is 10.2 Å². The highest BCUT2D eigenvalue weighted by Gasteiger charge is 2.49. The smallest absolute Gasteiger partial charge is 0.125 e. The molecule has 5 rings (SSSR count). The normalized spacial score (nSPS) is 27.5. The molecule has 1 aromatic heterocycles. The van der Waals surface area contributed by atoms with E-state index in [2.05, 4.69) is 55.9 Å². The lowest BCUT2D eigenvalue weighted by Gasteiger charge is -2.57. The fourth-order valence-electron chi connectivity index (χ4n) is 5.89. The maximum atomic E-state index is 10.5. The molecule has 2 saturated heterocycles. The summed E-state index contributed by atoms with van der Waals surface area (Å²) in [7, 11) is 0. The van der Waals surface area contributed by atoms with E-state index < -0.39 is 5.60 Å². The van der Waals surface area contributed by atoms with Gasteiger partial charge in [0, 0.05) is 54.6 Å². The van der Waals surface area contributed by atoms with Crippen LogP contribution in [0.25, 0.3) is 0 Å². The fourth-order valence-corrected chi connectivity index (χ4v) is 5.89. The Labute approximate surface area is 196 Å². The molecule has 0 bridgehead atoms. The summed E-state index contributed by atoms with van der Waals surface area (Å²) in [6.45, 7) is 4.15. The van der Waals surface area contributed by atoms with E-state index in [-0.39, 0.29) is 12.6 Å². The maximum Gasteiger partial charge on any atom is 0.125 e. The number of fused-ring (bicyclic) bond motifs is 1. The Kier molecular flexibility index (Phi) is 6.75. The van der Waals surface area contributed by atoms with Gasteiger partial charge in [0.1, 0.15) is 11.9 Å². The number of aromatic nitrogens is 2. The first-order valence-electron chi connectivity index (χ1n) is 12.3. The summed E-state index contributed by atoms with van der Waals surface area (Å²) in [5.74, 6) is 6.59. The fraction of sp³-hybridized carbons (Fsp3) is 0.556. The first-order valence-corrected chi connectivity index (χ1v) is 12.3. The first-order chi connectivity index (χ1) is 16.1. The Hall–Kier alpha value is -2.30. The van der Waals surface area contributed by atoms with Gasteiger partial charge in [-0.05, 0) is 69.3 Å². The van der Waals surface area contributed by atoms with E-state index >= 15 is 0 Å². The van der Waals surface area contributed by atoms with Crippen molar-refractivity contribution in [2.75, 3.05) is 26.2 Å². The van der Waals surface area contributed by atoms with Crippen LogP contribution in [0.3, 0.4) is 0 Å². The van der Waals surface area contributed by atoms with E-state index in [1.54, 1.807) is 6.33 Å². The van der Waals surface area contributed by atoms with Gasteiger partial charge in [-0.15, -0.1) is 0 Å². The van der Waals surface area contributed by atoms with E-state index in [4.69, 9.17) is 0 Å². The minimum Gasteiger partial charge on any atom is -0.395 e. The van der Waals surface area contributed by atoms with Crippen LogP contribution in [0.5, 0.6) is 0 Å². The molecule has 6 heteroatoms. The topological polar surface area (TPSA) is 72.7 Å². The molecule has 3 aliphatic rings. The average molecular weight is 447 g/mol. The second kappa shape index (κ2) is 9.90. The minimum absolute atomic E-state index is 0.172. The zero-order valence-corrected chi connectivity index (χ0v) is 19.2. The Bertz CT molecular complexity index is 979. The quantitative estimate of drug-likeness (QED) is 0.704. The van der Waals surface area contributed by atoms with Gasteiger partial charge in [0.15, 0.2) is 0 Å². The molecule has 0 spiro atoms. The molecule has 1 aliphatic carbocycles.